The molecule has 15 heavy (non-hydrogen) atoms. The highest BCUT2D eigenvalue weighted by atomic mass is 16.3. The number of aliphatic hydroxyl groups excluding tert-OH is 2. The van der Waals surface area contributed by atoms with Gasteiger partial charge in [0.1, 0.15) is 0 Å². The summed E-state index contributed by atoms with van der Waals surface area (Å²) in [7, 11) is 0. The number of benzene rings is 2. The van der Waals surface area contributed by atoms with Gasteiger partial charge in [-0.05, 0) is 22.4 Å². The molecule has 2 nitrogen and oxygen atoms in total. The first-order valence-corrected chi connectivity index (χ1v) is 5.09. The molecule has 0 aliphatic carbocycles. The molecule has 2 rings (SSSR count). The van der Waals surface area contributed by atoms with Gasteiger partial charge in [0, 0.05) is 13.0 Å². The van der Waals surface area contributed by atoms with Gasteiger partial charge < -0.3 is 10.2 Å². The SMILES string of the molecule is OCC[C@@H](O)c1ccc2ccccc2c1. The minimum atomic E-state index is -0.570. The number of fused-ring (bicyclic) bond motifs is 1. The van der Waals surface area contributed by atoms with E-state index in [4.69, 9.17) is 5.11 Å². The van der Waals surface area contributed by atoms with Gasteiger partial charge in [0.05, 0.1) is 6.10 Å². The van der Waals surface area contributed by atoms with Crippen molar-refractivity contribution in [3.63, 3.8) is 0 Å². The topological polar surface area (TPSA) is 40.5 Å². The molecule has 0 saturated heterocycles. The highest BCUT2D eigenvalue weighted by molar-refractivity contribution is 5.83. The Hall–Kier alpha value is -1.38. The second-order valence-corrected chi connectivity index (χ2v) is 3.63. The molecule has 2 aromatic rings. The van der Waals surface area contributed by atoms with E-state index < -0.39 is 6.10 Å². The molecule has 0 bridgehead atoms. The molecular weight excluding hydrogens is 188 g/mol. The first kappa shape index (κ1) is 10.1. The Morgan fingerprint density at radius 1 is 1.00 bits per heavy atom. The summed E-state index contributed by atoms with van der Waals surface area (Å²) in [6, 6.07) is 13.9. The maximum atomic E-state index is 9.72. The highest BCUT2D eigenvalue weighted by Crippen LogP contribution is 2.21. The first-order chi connectivity index (χ1) is 7.31. The molecule has 0 aliphatic heterocycles. The molecule has 0 unspecified atom stereocenters. The molecule has 0 radical (unpaired) electrons. The smallest absolute Gasteiger partial charge is 0.0812 e. The predicted molar refractivity (Wildman–Crippen MR) is 60.6 cm³/mol. The summed E-state index contributed by atoms with van der Waals surface area (Å²) >= 11 is 0. The van der Waals surface area contributed by atoms with Crippen LogP contribution in [-0.2, 0) is 0 Å². The Morgan fingerprint density at radius 3 is 2.47 bits per heavy atom. The van der Waals surface area contributed by atoms with Crippen molar-refractivity contribution in [2.24, 2.45) is 0 Å². The van der Waals surface area contributed by atoms with Crippen molar-refractivity contribution in [2.75, 3.05) is 6.61 Å². The van der Waals surface area contributed by atoms with Gasteiger partial charge in [-0.25, -0.2) is 0 Å². The zero-order valence-electron chi connectivity index (χ0n) is 8.43. The zero-order valence-corrected chi connectivity index (χ0v) is 8.43. The summed E-state index contributed by atoms with van der Waals surface area (Å²) in [4.78, 5) is 0. The highest BCUT2D eigenvalue weighted by Gasteiger charge is 2.06. The molecule has 1 atom stereocenters. The Bertz CT molecular complexity index is 451. The average Bonchev–Trinajstić information content (AvgIpc) is 2.29. The van der Waals surface area contributed by atoms with Crippen LogP contribution in [0.2, 0.25) is 0 Å². The molecule has 0 aromatic heterocycles. The van der Waals surface area contributed by atoms with E-state index in [-0.39, 0.29) is 6.61 Å². The molecule has 0 spiro atoms. The zero-order chi connectivity index (χ0) is 10.7. The van der Waals surface area contributed by atoms with Gasteiger partial charge in [-0.15, -0.1) is 0 Å². The van der Waals surface area contributed by atoms with E-state index in [2.05, 4.69) is 0 Å². The van der Waals surface area contributed by atoms with Crippen molar-refractivity contribution in [3.8, 4) is 0 Å². The molecule has 78 valence electrons. The van der Waals surface area contributed by atoms with E-state index in [1.54, 1.807) is 0 Å². The summed E-state index contributed by atoms with van der Waals surface area (Å²) < 4.78 is 0. The van der Waals surface area contributed by atoms with Crippen LogP contribution in [0.1, 0.15) is 18.1 Å². The van der Waals surface area contributed by atoms with E-state index in [1.807, 2.05) is 42.5 Å². The van der Waals surface area contributed by atoms with Gasteiger partial charge in [0.25, 0.3) is 0 Å². The van der Waals surface area contributed by atoms with Gasteiger partial charge in [-0.1, -0.05) is 36.4 Å². The Labute approximate surface area is 88.8 Å². The Kier molecular flexibility index (Phi) is 2.99. The van der Waals surface area contributed by atoms with Gasteiger partial charge in [0.15, 0.2) is 0 Å². The second-order valence-electron chi connectivity index (χ2n) is 3.63. The Morgan fingerprint density at radius 2 is 1.73 bits per heavy atom. The van der Waals surface area contributed by atoms with Crippen LogP contribution in [0.5, 0.6) is 0 Å². The normalized spacial score (nSPS) is 12.9. The lowest BCUT2D eigenvalue weighted by Gasteiger charge is -2.10. The van der Waals surface area contributed by atoms with Crippen LogP contribution < -0.4 is 0 Å². The number of hydrogen-bond donors (Lipinski definition) is 2. The monoisotopic (exact) mass is 202 g/mol. The van der Waals surface area contributed by atoms with Crippen LogP contribution in [0.15, 0.2) is 42.5 Å². The van der Waals surface area contributed by atoms with Gasteiger partial charge in [-0.2, -0.15) is 0 Å². The standard InChI is InChI=1S/C13H14O2/c14-8-7-13(15)12-6-5-10-3-1-2-4-11(10)9-12/h1-6,9,13-15H,7-8H2/t13-/m1/s1. The largest absolute Gasteiger partial charge is 0.396 e. The third-order valence-electron chi connectivity index (χ3n) is 2.56. The van der Waals surface area contributed by atoms with Crippen LogP contribution in [0, 0.1) is 0 Å². The fourth-order valence-corrected chi connectivity index (χ4v) is 1.70. The maximum Gasteiger partial charge on any atom is 0.0812 e. The van der Waals surface area contributed by atoms with Crippen molar-refractivity contribution in [1.82, 2.24) is 0 Å². The van der Waals surface area contributed by atoms with Crippen molar-refractivity contribution >= 4 is 10.8 Å². The predicted octanol–water partition coefficient (Wildman–Crippen LogP) is 2.26. The molecular formula is C13H14O2. The summed E-state index contributed by atoms with van der Waals surface area (Å²) in [5.74, 6) is 0. The van der Waals surface area contributed by atoms with Crippen molar-refractivity contribution < 1.29 is 10.2 Å². The lowest BCUT2D eigenvalue weighted by atomic mass is 10.0. The van der Waals surface area contributed by atoms with Crippen LogP contribution in [-0.4, -0.2) is 16.8 Å². The van der Waals surface area contributed by atoms with E-state index in [0.717, 1.165) is 16.3 Å². The van der Waals surface area contributed by atoms with Crippen molar-refractivity contribution in [1.29, 1.82) is 0 Å². The fraction of sp³-hybridized carbons (Fsp3) is 0.231. The Balaban J connectivity index is 2.38. The lowest BCUT2D eigenvalue weighted by molar-refractivity contribution is 0.134. The van der Waals surface area contributed by atoms with E-state index in [0.29, 0.717) is 6.42 Å². The molecule has 0 aliphatic rings. The van der Waals surface area contributed by atoms with Crippen LogP contribution >= 0.6 is 0 Å². The molecule has 2 aromatic carbocycles. The van der Waals surface area contributed by atoms with Crippen LogP contribution in [0.3, 0.4) is 0 Å². The van der Waals surface area contributed by atoms with Gasteiger partial charge in [0.2, 0.25) is 0 Å². The average molecular weight is 202 g/mol. The minimum absolute atomic E-state index is 0.00793. The minimum Gasteiger partial charge on any atom is -0.396 e. The molecule has 2 N–H and O–H groups in total. The van der Waals surface area contributed by atoms with Crippen molar-refractivity contribution in [2.45, 2.75) is 12.5 Å². The van der Waals surface area contributed by atoms with Gasteiger partial charge in [-0.3, -0.25) is 0 Å². The maximum absolute atomic E-state index is 9.72. The molecule has 2 heteroatoms. The summed E-state index contributed by atoms with van der Waals surface area (Å²) in [6.07, 6.45) is -0.183. The van der Waals surface area contributed by atoms with E-state index in [1.165, 1.54) is 0 Å². The quantitative estimate of drug-likeness (QED) is 0.801. The third kappa shape index (κ3) is 2.17. The second kappa shape index (κ2) is 4.43. The molecule has 0 heterocycles. The number of aliphatic hydroxyl groups is 2. The van der Waals surface area contributed by atoms with E-state index >= 15 is 0 Å². The number of hydrogen-bond acceptors (Lipinski definition) is 2. The third-order valence-corrected chi connectivity index (χ3v) is 2.56. The van der Waals surface area contributed by atoms with Crippen molar-refractivity contribution in [3.05, 3.63) is 48.0 Å². The summed E-state index contributed by atoms with van der Waals surface area (Å²) in [6.45, 7) is 0.00793. The summed E-state index contributed by atoms with van der Waals surface area (Å²) in [5, 5.41) is 20.8. The fourth-order valence-electron chi connectivity index (χ4n) is 1.70. The summed E-state index contributed by atoms with van der Waals surface area (Å²) in [5.41, 5.74) is 0.864. The molecule has 0 fully saturated rings. The lowest BCUT2D eigenvalue weighted by Crippen LogP contribution is -1.99. The first-order valence-electron chi connectivity index (χ1n) is 5.09. The molecule has 0 amide bonds. The van der Waals surface area contributed by atoms with Crippen LogP contribution in [0.25, 0.3) is 10.8 Å². The number of rotatable bonds is 3. The van der Waals surface area contributed by atoms with Gasteiger partial charge >= 0.3 is 0 Å². The molecule has 0 saturated carbocycles. The van der Waals surface area contributed by atoms with E-state index in [9.17, 15) is 5.11 Å². The van der Waals surface area contributed by atoms with Crippen LogP contribution in [0.4, 0.5) is 0 Å².